The van der Waals surface area contributed by atoms with E-state index < -0.39 is 11.5 Å². The summed E-state index contributed by atoms with van der Waals surface area (Å²) >= 11 is 0. The van der Waals surface area contributed by atoms with Crippen molar-refractivity contribution >= 4 is 11.9 Å². The second-order valence-electron chi connectivity index (χ2n) is 4.25. The normalized spacial score (nSPS) is 16.9. The molecular weight excluding hydrogens is 196 g/mol. The first-order valence-corrected chi connectivity index (χ1v) is 4.84. The lowest BCUT2D eigenvalue weighted by Crippen LogP contribution is -2.43. The van der Waals surface area contributed by atoms with Crippen LogP contribution in [0.25, 0.3) is 0 Å². The molecule has 0 fully saturated rings. The second kappa shape index (κ2) is 4.02. The van der Waals surface area contributed by atoms with Crippen molar-refractivity contribution in [2.24, 2.45) is 5.73 Å². The Labute approximate surface area is 88.5 Å². The average molecular weight is 212 g/mol. The van der Waals surface area contributed by atoms with E-state index in [2.05, 4.69) is 0 Å². The first kappa shape index (κ1) is 11.7. The second-order valence-corrected chi connectivity index (χ2v) is 4.25. The van der Waals surface area contributed by atoms with Crippen molar-refractivity contribution in [3.8, 4) is 0 Å². The van der Waals surface area contributed by atoms with E-state index in [0.717, 1.165) is 0 Å². The third-order valence-electron chi connectivity index (χ3n) is 2.58. The Bertz CT molecular complexity index is 321. The molecule has 15 heavy (non-hydrogen) atoms. The zero-order valence-electron chi connectivity index (χ0n) is 8.99. The van der Waals surface area contributed by atoms with E-state index in [9.17, 15) is 9.59 Å². The van der Waals surface area contributed by atoms with Gasteiger partial charge in [0.05, 0.1) is 12.0 Å². The van der Waals surface area contributed by atoms with E-state index in [1.807, 2.05) is 13.8 Å². The standard InChI is InChI=1S/C10H16N2O3/c1-10(2,3-4-11)12-6-7(9(14)15)5-8(12)13/h6H,3-5,11H2,1-2H3,(H,14,15). The van der Waals surface area contributed by atoms with Crippen molar-refractivity contribution in [1.82, 2.24) is 4.90 Å². The van der Waals surface area contributed by atoms with Crippen molar-refractivity contribution in [3.63, 3.8) is 0 Å². The first-order chi connectivity index (χ1) is 6.88. The number of carboxylic acids is 1. The van der Waals surface area contributed by atoms with Crippen LogP contribution in [-0.2, 0) is 9.59 Å². The van der Waals surface area contributed by atoms with Crippen LogP contribution in [0, 0.1) is 0 Å². The first-order valence-electron chi connectivity index (χ1n) is 4.84. The predicted molar refractivity (Wildman–Crippen MR) is 54.9 cm³/mol. The number of rotatable bonds is 4. The summed E-state index contributed by atoms with van der Waals surface area (Å²) in [5, 5.41) is 8.77. The third kappa shape index (κ3) is 2.36. The number of nitrogens with two attached hydrogens (primary N) is 1. The molecule has 1 amide bonds. The van der Waals surface area contributed by atoms with Gasteiger partial charge in [-0.1, -0.05) is 0 Å². The van der Waals surface area contributed by atoms with Gasteiger partial charge in [-0.25, -0.2) is 4.79 Å². The number of amides is 1. The van der Waals surface area contributed by atoms with Crippen LogP contribution in [0.15, 0.2) is 11.8 Å². The fraction of sp³-hybridized carbons (Fsp3) is 0.600. The Morgan fingerprint density at radius 3 is 2.67 bits per heavy atom. The van der Waals surface area contributed by atoms with Crippen molar-refractivity contribution in [2.75, 3.05) is 6.54 Å². The number of carbonyl (C=O) groups excluding carboxylic acids is 1. The van der Waals surface area contributed by atoms with E-state index in [1.165, 1.54) is 11.1 Å². The van der Waals surface area contributed by atoms with Crippen LogP contribution < -0.4 is 5.73 Å². The molecule has 0 aliphatic carbocycles. The van der Waals surface area contributed by atoms with Crippen LogP contribution in [0.4, 0.5) is 0 Å². The number of nitrogens with zero attached hydrogens (tertiary/aromatic N) is 1. The van der Waals surface area contributed by atoms with E-state index in [-0.39, 0.29) is 17.9 Å². The van der Waals surface area contributed by atoms with Gasteiger partial charge in [-0.05, 0) is 26.8 Å². The zero-order valence-corrected chi connectivity index (χ0v) is 8.99. The average Bonchev–Trinajstić information content (AvgIpc) is 2.47. The molecule has 5 nitrogen and oxygen atoms in total. The van der Waals surface area contributed by atoms with E-state index in [1.54, 1.807) is 0 Å². The zero-order chi connectivity index (χ0) is 11.6. The van der Waals surface area contributed by atoms with Gasteiger partial charge in [-0.15, -0.1) is 0 Å². The number of hydrogen-bond acceptors (Lipinski definition) is 3. The minimum absolute atomic E-state index is 0.0245. The highest BCUT2D eigenvalue weighted by Gasteiger charge is 2.35. The highest BCUT2D eigenvalue weighted by atomic mass is 16.4. The van der Waals surface area contributed by atoms with Gasteiger partial charge in [0.2, 0.25) is 5.91 Å². The highest BCUT2D eigenvalue weighted by molar-refractivity contribution is 5.98. The number of carbonyl (C=O) groups is 2. The molecule has 1 heterocycles. The molecule has 1 aliphatic heterocycles. The Hall–Kier alpha value is -1.36. The fourth-order valence-corrected chi connectivity index (χ4v) is 1.64. The van der Waals surface area contributed by atoms with E-state index in [4.69, 9.17) is 10.8 Å². The molecule has 0 spiro atoms. The molecule has 5 heteroatoms. The van der Waals surface area contributed by atoms with Gasteiger partial charge in [0.25, 0.3) is 0 Å². The van der Waals surface area contributed by atoms with Crippen LogP contribution in [0.2, 0.25) is 0 Å². The molecule has 0 aromatic carbocycles. The van der Waals surface area contributed by atoms with Gasteiger partial charge in [-0.2, -0.15) is 0 Å². The minimum Gasteiger partial charge on any atom is -0.478 e. The van der Waals surface area contributed by atoms with Crippen LogP contribution in [-0.4, -0.2) is 34.0 Å². The molecule has 0 aromatic rings. The molecule has 0 unspecified atom stereocenters. The Balaban J connectivity index is 2.87. The summed E-state index contributed by atoms with van der Waals surface area (Å²) in [6.07, 6.45) is 2.03. The lowest BCUT2D eigenvalue weighted by Gasteiger charge is -2.33. The van der Waals surface area contributed by atoms with Crippen molar-refractivity contribution in [1.29, 1.82) is 0 Å². The molecule has 0 bridgehead atoms. The highest BCUT2D eigenvalue weighted by Crippen LogP contribution is 2.27. The summed E-state index contributed by atoms with van der Waals surface area (Å²) in [4.78, 5) is 23.8. The Kier molecular flexibility index (Phi) is 3.14. The van der Waals surface area contributed by atoms with Crippen LogP contribution in [0.1, 0.15) is 26.7 Å². The molecule has 0 saturated carbocycles. The largest absolute Gasteiger partial charge is 0.478 e. The predicted octanol–water partition coefficient (Wildman–Crippen LogP) is 0.315. The van der Waals surface area contributed by atoms with Gasteiger partial charge in [0.15, 0.2) is 0 Å². The van der Waals surface area contributed by atoms with Crippen LogP contribution in [0.5, 0.6) is 0 Å². The van der Waals surface area contributed by atoms with E-state index in [0.29, 0.717) is 13.0 Å². The molecule has 1 aliphatic rings. The van der Waals surface area contributed by atoms with Crippen LogP contribution >= 0.6 is 0 Å². The summed E-state index contributed by atoms with van der Waals surface area (Å²) in [6.45, 7) is 4.21. The molecule has 3 N–H and O–H groups in total. The fourth-order valence-electron chi connectivity index (χ4n) is 1.64. The lowest BCUT2D eigenvalue weighted by molar-refractivity contribution is -0.134. The maximum Gasteiger partial charge on any atom is 0.333 e. The quantitative estimate of drug-likeness (QED) is 0.702. The van der Waals surface area contributed by atoms with Gasteiger partial charge < -0.3 is 15.7 Å². The Morgan fingerprint density at radius 2 is 2.27 bits per heavy atom. The van der Waals surface area contributed by atoms with Crippen molar-refractivity contribution in [3.05, 3.63) is 11.8 Å². The summed E-state index contributed by atoms with van der Waals surface area (Å²) in [5.41, 5.74) is 5.18. The van der Waals surface area contributed by atoms with Crippen molar-refractivity contribution < 1.29 is 14.7 Å². The van der Waals surface area contributed by atoms with Gasteiger partial charge in [-0.3, -0.25) is 4.79 Å². The number of aliphatic carboxylic acids is 1. The topological polar surface area (TPSA) is 83.6 Å². The maximum absolute atomic E-state index is 11.6. The summed E-state index contributed by atoms with van der Waals surface area (Å²) in [5.74, 6) is -1.21. The monoisotopic (exact) mass is 212 g/mol. The molecule has 0 radical (unpaired) electrons. The molecular formula is C10H16N2O3. The summed E-state index contributed by atoms with van der Waals surface area (Å²) in [7, 11) is 0. The third-order valence-corrected chi connectivity index (χ3v) is 2.58. The van der Waals surface area contributed by atoms with Gasteiger partial charge >= 0.3 is 5.97 Å². The summed E-state index contributed by atoms with van der Waals surface area (Å²) in [6, 6.07) is 0. The molecule has 0 atom stereocenters. The lowest BCUT2D eigenvalue weighted by atomic mass is 9.99. The SMILES string of the molecule is CC(C)(CCN)N1C=C(C(=O)O)CC1=O. The number of hydrogen-bond donors (Lipinski definition) is 2. The van der Waals surface area contributed by atoms with E-state index >= 15 is 0 Å². The van der Waals surface area contributed by atoms with Crippen molar-refractivity contribution in [2.45, 2.75) is 32.2 Å². The smallest absolute Gasteiger partial charge is 0.333 e. The molecule has 0 aromatic heterocycles. The number of carboxylic acid groups (broad SMARTS) is 1. The summed E-state index contributed by atoms with van der Waals surface area (Å²) < 4.78 is 0. The Morgan fingerprint density at radius 1 is 1.67 bits per heavy atom. The molecule has 1 rings (SSSR count). The molecule has 84 valence electrons. The van der Waals surface area contributed by atoms with Crippen LogP contribution in [0.3, 0.4) is 0 Å². The van der Waals surface area contributed by atoms with Gasteiger partial charge in [0, 0.05) is 11.7 Å². The van der Waals surface area contributed by atoms with Gasteiger partial charge in [0.1, 0.15) is 0 Å². The maximum atomic E-state index is 11.6. The minimum atomic E-state index is -1.03. The molecule has 0 saturated heterocycles.